The van der Waals surface area contributed by atoms with Crippen LogP contribution in [0, 0.1) is 0 Å². The van der Waals surface area contributed by atoms with Gasteiger partial charge in [0.05, 0.1) is 7.11 Å². The highest BCUT2D eigenvalue weighted by molar-refractivity contribution is 5.89. The van der Waals surface area contributed by atoms with Crippen molar-refractivity contribution in [3.05, 3.63) is 108 Å². The smallest absolute Gasteiger partial charge is 0.322 e. The molecule has 1 saturated heterocycles. The SMILES string of the molecule is C=C(CN1CCCNCC1)CN(CCC(c1ccccc1)c1ccccc1)C(=O)Nc1cccc(OC)c1. The number of amides is 2. The van der Waals surface area contributed by atoms with Gasteiger partial charge >= 0.3 is 6.03 Å². The molecule has 1 aliphatic heterocycles. The molecule has 1 fully saturated rings. The first-order valence-electron chi connectivity index (χ1n) is 13.5. The van der Waals surface area contributed by atoms with Crippen LogP contribution in [0.3, 0.4) is 0 Å². The minimum absolute atomic E-state index is 0.128. The fraction of sp³-hybridized carbons (Fsp3) is 0.344. The molecule has 6 heteroatoms. The van der Waals surface area contributed by atoms with Crippen LogP contribution in [0.15, 0.2) is 97.1 Å². The van der Waals surface area contributed by atoms with Crippen LogP contribution in [0.1, 0.15) is 29.9 Å². The Morgan fingerprint density at radius 2 is 1.71 bits per heavy atom. The van der Waals surface area contributed by atoms with Gasteiger partial charge in [-0.1, -0.05) is 73.3 Å². The van der Waals surface area contributed by atoms with Crippen molar-refractivity contribution in [2.45, 2.75) is 18.8 Å². The number of ether oxygens (including phenoxy) is 1. The van der Waals surface area contributed by atoms with Crippen LogP contribution in [0.5, 0.6) is 5.75 Å². The van der Waals surface area contributed by atoms with E-state index in [1.807, 2.05) is 41.3 Å². The zero-order valence-corrected chi connectivity index (χ0v) is 22.4. The van der Waals surface area contributed by atoms with E-state index < -0.39 is 0 Å². The highest BCUT2D eigenvalue weighted by Gasteiger charge is 2.21. The van der Waals surface area contributed by atoms with E-state index in [2.05, 4.69) is 70.6 Å². The van der Waals surface area contributed by atoms with Gasteiger partial charge in [-0.05, 0) is 54.8 Å². The molecule has 0 saturated carbocycles. The van der Waals surface area contributed by atoms with Crippen molar-refractivity contribution in [1.29, 1.82) is 0 Å². The molecule has 3 aromatic carbocycles. The zero-order valence-electron chi connectivity index (χ0n) is 22.4. The van der Waals surface area contributed by atoms with Crippen LogP contribution in [0.25, 0.3) is 0 Å². The largest absolute Gasteiger partial charge is 0.497 e. The third-order valence-electron chi connectivity index (χ3n) is 6.99. The molecule has 0 spiro atoms. The Morgan fingerprint density at radius 3 is 2.39 bits per heavy atom. The van der Waals surface area contributed by atoms with Gasteiger partial charge in [0.15, 0.2) is 0 Å². The third-order valence-corrected chi connectivity index (χ3v) is 6.99. The summed E-state index contributed by atoms with van der Waals surface area (Å²) in [5.74, 6) is 0.899. The molecule has 38 heavy (non-hydrogen) atoms. The summed E-state index contributed by atoms with van der Waals surface area (Å²) < 4.78 is 5.34. The second kappa shape index (κ2) is 14.4. The van der Waals surface area contributed by atoms with E-state index >= 15 is 0 Å². The van der Waals surface area contributed by atoms with E-state index in [1.165, 1.54) is 11.1 Å². The van der Waals surface area contributed by atoms with Gasteiger partial charge in [0, 0.05) is 50.4 Å². The van der Waals surface area contributed by atoms with Crippen molar-refractivity contribution < 1.29 is 9.53 Å². The average Bonchev–Trinajstić information content (AvgIpc) is 3.22. The number of methoxy groups -OCH3 is 1. The molecular weight excluding hydrogens is 472 g/mol. The third kappa shape index (κ3) is 8.20. The number of urea groups is 1. The number of rotatable bonds is 11. The Labute approximate surface area is 227 Å². The number of benzene rings is 3. The Balaban J connectivity index is 1.50. The summed E-state index contributed by atoms with van der Waals surface area (Å²) in [6.07, 6.45) is 1.93. The monoisotopic (exact) mass is 512 g/mol. The Hall–Kier alpha value is -3.61. The summed E-state index contributed by atoms with van der Waals surface area (Å²) in [7, 11) is 1.63. The summed E-state index contributed by atoms with van der Waals surface area (Å²) in [6, 6.07) is 28.4. The number of hydrogen-bond donors (Lipinski definition) is 2. The molecule has 4 rings (SSSR count). The van der Waals surface area contributed by atoms with E-state index in [1.54, 1.807) is 7.11 Å². The van der Waals surface area contributed by atoms with Crippen molar-refractivity contribution >= 4 is 11.7 Å². The van der Waals surface area contributed by atoms with Gasteiger partial charge in [-0.2, -0.15) is 0 Å². The highest BCUT2D eigenvalue weighted by atomic mass is 16.5. The molecule has 200 valence electrons. The molecule has 6 nitrogen and oxygen atoms in total. The predicted octanol–water partition coefficient (Wildman–Crippen LogP) is 5.60. The van der Waals surface area contributed by atoms with Crippen molar-refractivity contribution in [3.63, 3.8) is 0 Å². The number of nitrogens with one attached hydrogen (secondary N) is 2. The molecule has 1 heterocycles. The van der Waals surface area contributed by atoms with Crippen molar-refractivity contribution in [1.82, 2.24) is 15.1 Å². The maximum atomic E-state index is 13.6. The zero-order chi connectivity index (χ0) is 26.6. The maximum absolute atomic E-state index is 13.6. The summed E-state index contributed by atoms with van der Waals surface area (Å²) in [4.78, 5) is 17.9. The number of anilines is 1. The number of nitrogens with zero attached hydrogens (tertiary/aromatic N) is 2. The van der Waals surface area contributed by atoms with Crippen LogP contribution >= 0.6 is 0 Å². The Morgan fingerprint density at radius 1 is 1.00 bits per heavy atom. The quantitative estimate of drug-likeness (QED) is 0.328. The first kappa shape index (κ1) is 27.4. The van der Waals surface area contributed by atoms with E-state index in [0.29, 0.717) is 24.5 Å². The normalized spacial score (nSPS) is 14.1. The van der Waals surface area contributed by atoms with Gasteiger partial charge in [-0.25, -0.2) is 4.79 Å². The molecule has 0 unspecified atom stereocenters. The first-order valence-corrected chi connectivity index (χ1v) is 13.5. The maximum Gasteiger partial charge on any atom is 0.322 e. The topological polar surface area (TPSA) is 56.8 Å². The number of carbonyl (C=O) groups is 1. The molecule has 1 aliphatic rings. The first-order chi connectivity index (χ1) is 18.6. The van der Waals surface area contributed by atoms with Crippen LogP contribution in [0.4, 0.5) is 10.5 Å². The fourth-order valence-electron chi connectivity index (χ4n) is 5.03. The molecule has 3 aromatic rings. The van der Waals surface area contributed by atoms with Crippen LogP contribution in [-0.4, -0.2) is 68.8 Å². The Bertz CT molecular complexity index is 1100. The Kier molecular flexibility index (Phi) is 10.4. The predicted molar refractivity (Wildman–Crippen MR) is 156 cm³/mol. The molecule has 0 aromatic heterocycles. The van der Waals surface area contributed by atoms with E-state index in [9.17, 15) is 4.79 Å². The second-order valence-corrected chi connectivity index (χ2v) is 9.88. The van der Waals surface area contributed by atoms with Crippen LogP contribution < -0.4 is 15.4 Å². The second-order valence-electron chi connectivity index (χ2n) is 9.88. The van der Waals surface area contributed by atoms with Crippen LogP contribution in [-0.2, 0) is 0 Å². The van der Waals surface area contributed by atoms with Gasteiger partial charge in [-0.15, -0.1) is 0 Å². The van der Waals surface area contributed by atoms with E-state index in [0.717, 1.165) is 51.1 Å². The molecule has 0 aliphatic carbocycles. The standard InChI is InChI=1S/C32H40N4O2/c1-26(24-35-20-10-18-33-19-22-35)25-36(32(37)34-29-15-9-16-30(23-29)38-2)21-17-31(27-11-5-3-6-12-27)28-13-7-4-8-14-28/h3-9,11-16,23,31,33H,1,10,17-22,24-25H2,2H3,(H,34,37). The summed E-state index contributed by atoms with van der Waals surface area (Å²) in [6.45, 7) is 10.4. The van der Waals surface area contributed by atoms with Crippen molar-refractivity contribution in [2.24, 2.45) is 0 Å². The fourth-order valence-corrected chi connectivity index (χ4v) is 5.03. The van der Waals surface area contributed by atoms with Crippen LogP contribution in [0.2, 0.25) is 0 Å². The molecule has 0 bridgehead atoms. The summed E-state index contributed by atoms with van der Waals surface area (Å²) >= 11 is 0. The minimum Gasteiger partial charge on any atom is -0.497 e. The van der Waals surface area contributed by atoms with E-state index in [4.69, 9.17) is 4.74 Å². The van der Waals surface area contributed by atoms with Crippen molar-refractivity contribution in [2.75, 3.05) is 58.2 Å². The average molecular weight is 513 g/mol. The van der Waals surface area contributed by atoms with Gasteiger partial charge in [0.2, 0.25) is 0 Å². The number of hydrogen-bond acceptors (Lipinski definition) is 4. The lowest BCUT2D eigenvalue weighted by atomic mass is 9.88. The van der Waals surface area contributed by atoms with E-state index in [-0.39, 0.29) is 11.9 Å². The molecule has 0 radical (unpaired) electrons. The lowest BCUT2D eigenvalue weighted by Gasteiger charge is -2.29. The number of carbonyl (C=O) groups excluding carboxylic acids is 1. The minimum atomic E-state index is -0.128. The van der Waals surface area contributed by atoms with Crippen molar-refractivity contribution in [3.8, 4) is 5.75 Å². The molecule has 2 amide bonds. The lowest BCUT2D eigenvalue weighted by molar-refractivity contribution is 0.212. The van der Waals surface area contributed by atoms with Gasteiger partial charge in [0.1, 0.15) is 5.75 Å². The summed E-state index contributed by atoms with van der Waals surface area (Å²) in [5, 5.41) is 6.54. The van der Waals surface area contributed by atoms with Gasteiger partial charge in [-0.3, -0.25) is 4.90 Å². The molecular formula is C32H40N4O2. The van der Waals surface area contributed by atoms with Gasteiger partial charge in [0.25, 0.3) is 0 Å². The molecule has 0 atom stereocenters. The highest BCUT2D eigenvalue weighted by Crippen LogP contribution is 2.28. The lowest BCUT2D eigenvalue weighted by Crippen LogP contribution is -2.40. The molecule has 2 N–H and O–H groups in total. The summed E-state index contributed by atoms with van der Waals surface area (Å²) in [5.41, 5.74) is 4.26. The van der Waals surface area contributed by atoms with Gasteiger partial charge < -0.3 is 20.3 Å².